The summed E-state index contributed by atoms with van der Waals surface area (Å²) in [6.45, 7) is 16.4. The van der Waals surface area contributed by atoms with Crippen molar-refractivity contribution in [3.05, 3.63) is 69.8 Å². The topological polar surface area (TPSA) is 86.6 Å². The number of carboxylic acid groups (broad SMARTS) is 1. The Labute approximate surface area is 217 Å². The molecule has 0 aliphatic heterocycles. The van der Waals surface area contributed by atoms with E-state index in [0.717, 1.165) is 43.2 Å². The van der Waals surface area contributed by atoms with Crippen LogP contribution >= 0.6 is 0 Å². The van der Waals surface area contributed by atoms with E-state index < -0.39 is 18.1 Å². The van der Waals surface area contributed by atoms with Crippen molar-refractivity contribution in [2.75, 3.05) is 6.54 Å². The van der Waals surface area contributed by atoms with Crippen LogP contribution in [0.5, 0.6) is 0 Å². The summed E-state index contributed by atoms with van der Waals surface area (Å²) in [7, 11) is 0. The second-order valence-electron chi connectivity index (χ2n) is 11.2. The lowest BCUT2D eigenvalue weighted by atomic mass is 9.69. The summed E-state index contributed by atoms with van der Waals surface area (Å²) in [5, 5.41) is 22.5. The van der Waals surface area contributed by atoms with Crippen LogP contribution in [0.4, 0.5) is 0 Å². The van der Waals surface area contributed by atoms with Gasteiger partial charge in [0.15, 0.2) is 0 Å². The number of amides is 1. The minimum absolute atomic E-state index is 0.177. The molecule has 1 unspecified atom stereocenters. The van der Waals surface area contributed by atoms with E-state index in [0.29, 0.717) is 5.56 Å². The van der Waals surface area contributed by atoms with E-state index in [1.165, 1.54) is 16.7 Å². The van der Waals surface area contributed by atoms with Gasteiger partial charge < -0.3 is 15.5 Å². The van der Waals surface area contributed by atoms with Crippen molar-refractivity contribution in [3.8, 4) is 0 Å². The van der Waals surface area contributed by atoms with Gasteiger partial charge in [0.25, 0.3) is 5.91 Å². The van der Waals surface area contributed by atoms with Crippen LogP contribution in [-0.4, -0.2) is 34.2 Å². The van der Waals surface area contributed by atoms with E-state index in [1.54, 1.807) is 6.07 Å². The van der Waals surface area contributed by atoms with Gasteiger partial charge in [-0.1, -0.05) is 71.9 Å². The lowest BCUT2D eigenvalue weighted by Crippen LogP contribution is -2.42. The van der Waals surface area contributed by atoms with Gasteiger partial charge in [-0.2, -0.15) is 0 Å². The zero-order valence-corrected chi connectivity index (χ0v) is 23.4. The van der Waals surface area contributed by atoms with Crippen molar-refractivity contribution in [2.45, 2.75) is 98.5 Å². The lowest BCUT2D eigenvalue weighted by Gasteiger charge is -2.40. The maximum Gasteiger partial charge on any atom is 0.322 e. The van der Waals surface area contributed by atoms with Gasteiger partial charge in [-0.25, -0.2) is 0 Å². The number of aliphatic carboxylic acids is 1. The van der Waals surface area contributed by atoms with Crippen molar-refractivity contribution in [1.29, 1.82) is 0 Å². The van der Waals surface area contributed by atoms with Gasteiger partial charge >= 0.3 is 5.97 Å². The van der Waals surface area contributed by atoms with Gasteiger partial charge in [-0.15, -0.1) is 0 Å². The number of aliphatic hydroxyl groups is 1. The number of carbonyl (C=O) groups is 2. The van der Waals surface area contributed by atoms with Crippen LogP contribution in [0.25, 0.3) is 0 Å². The fourth-order valence-corrected chi connectivity index (χ4v) is 5.40. The molecule has 0 aromatic heterocycles. The summed E-state index contributed by atoms with van der Waals surface area (Å²) in [4.78, 5) is 23.3. The van der Waals surface area contributed by atoms with Gasteiger partial charge in [0.05, 0.1) is 5.60 Å². The van der Waals surface area contributed by atoms with Crippen LogP contribution in [0.2, 0.25) is 0 Å². The number of nitrogens with one attached hydrogen (secondary N) is 1. The number of carbonyl (C=O) groups excluding carboxylic acids is 1. The Hall–Kier alpha value is -2.66. The molecule has 5 heteroatoms. The van der Waals surface area contributed by atoms with Crippen molar-refractivity contribution in [2.24, 2.45) is 5.41 Å². The Kier molecular flexibility index (Phi) is 9.52. The molecule has 2 rings (SSSR count). The van der Waals surface area contributed by atoms with Gasteiger partial charge in [-0.3, -0.25) is 9.59 Å². The summed E-state index contributed by atoms with van der Waals surface area (Å²) in [6, 6.07) is 12.6. The molecular weight excluding hydrogens is 450 g/mol. The van der Waals surface area contributed by atoms with E-state index in [-0.39, 0.29) is 16.7 Å². The van der Waals surface area contributed by atoms with Crippen LogP contribution < -0.4 is 5.32 Å². The first-order valence-electron chi connectivity index (χ1n) is 13.2. The number of benzene rings is 2. The Morgan fingerprint density at radius 2 is 1.42 bits per heavy atom. The molecule has 0 aliphatic carbocycles. The average molecular weight is 496 g/mol. The van der Waals surface area contributed by atoms with Crippen molar-refractivity contribution >= 4 is 11.9 Å². The van der Waals surface area contributed by atoms with Crippen molar-refractivity contribution < 1.29 is 19.8 Å². The Bertz CT molecular complexity index is 1080. The molecule has 0 aliphatic rings. The fourth-order valence-electron chi connectivity index (χ4n) is 5.40. The summed E-state index contributed by atoms with van der Waals surface area (Å²) >= 11 is 0. The third-order valence-electron chi connectivity index (χ3n) is 8.31. The molecule has 1 amide bonds. The zero-order valence-electron chi connectivity index (χ0n) is 23.4. The molecular formula is C31H45NO4. The molecule has 36 heavy (non-hydrogen) atoms. The molecule has 0 fully saturated rings. The normalized spacial score (nSPS) is 13.8. The standard InChI is InChI=1S/C31H45NO4/c1-9-30(10-2,25-14-15-26(22(5)19-25)28(35)32-20-27(33)34)24-13-12-23(21(4)18-24)16-17-31(36,11-3)29(6,7)8/h12-15,18-19,36H,9-11,16-17,20H2,1-8H3,(H,32,35)(H,33,34). The lowest BCUT2D eigenvalue weighted by molar-refractivity contribution is -0.135. The second-order valence-corrected chi connectivity index (χ2v) is 11.2. The third-order valence-corrected chi connectivity index (χ3v) is 8.31. The Morgan fingerprint density at radius 3 is 1.86 bits per heavy atom. The maximum atomic E-state index is 12.4. The summed E-state index contributed by atoms with van der Waals surface area (Å²) in [6.07, 6.45) is 4.10. The van der Waals surface area contributed by atoms with Crippen molar-refractivity contribution in [1.82, 2.24) is 5.32 Å². The number of aryl methyl sites for hydroxylation is 3. The fraction of sp³-hybridized carbons (Fsp3) is 0.548. The van der Waals surface area contributed by atoms with E-state index in [9.17, 15) is 14.7 Å². The molecule has 0 spiro atoms. The number of rotatable bonds is 11. The third kappa shape index (κ3) is 6.18. The van der Waals surface area contributed by atoms with Crippen LogP contribution in [-0.2, 0) is 16.6 Å². The molecule has 2 aromatic rings. The van der Waals surface area contributed by atoms with Crippen LogP contribution in [0.1, 0.15) is 105 Å². The molecule has 0 radical (unpaired) electrons. The van der Waals surface area contributed by atoms with Crippen molar-refractivity contribution in [3.63, 3.8) is 0 Å². The van der Waals surface area contributed by atoms with Crippen LogP contribution in [0.15, 0.2) is 36.4 Å². The van der Waals surface area contributed by atoms with E-state index in [1.807, 2.05) is 13.0 Å². The van der Waals surface area contributed by atoms with Crippen LogP contribution in [0, 0.1) is 19.3 Å². The van der Waals surface area contributed by atoms with E-state index in [4.69, 9.17) is 5.11 Å². The van der Waals surface area contributed by atoms with E-state index >= 15 is 0 Å². The zero-order chi connectivity index (χ0) is 27.3. The molecule has 0 saturated carbocycles. The monoisotopic (exact) mass is 495 g/mol. The highest BCUT2D eigenvalue weighted by molar-refractivity contribution is 5.97. The predicted molar refractivity (Wildman–Crippen MR) is 147 cm³/mol. The number of carboxylic acids is 1. The molecule has 5 nitrogen and oxygen atoms in total. The largest absolute Gasteiger partial charge is 0.480 e. The maximum absolute atomic E-state index is 12.4. The second kappa shape index (κ2) is 11.6. The first kappa shape index (κ1) is 29.6. The number of hydrogen-bond donors (Lipinski definition) is 3. The summed E-state index contributed by atoms with van der Waals surface area (Å²) in [5.74, 6) is -1.44. The van der Waals surface area contributed by atoms with Gasteiger partial charge in [-0.05, 0) is 85.3 Å². The summed E-state index contributed by atoms with van der Waals surface area (Å²) in [5.41, 5.74) is 5.14. The SMILES string of the molecule is CCC(CC)(c1ccc(CCC(O)(CC)C(C)(C)C)c(C)c1)c1ccc(C(=O)NCC(=O)O)c(C)c1. The quantitative estimate of drug-likeness (QED) is 0.339. The summed E-state index contributed by atoms with van der Waals surface area (Å²) < 4.78 is 0. The smallest absolute Gasteiger partial charge is 0.322 e. The molecule has 0 saturated heterocycles. The predicted octanol–water partition coefficient (Wildman–Crippen LogP) is 6.34. The van der Waals surface area contributed by atoms with Gasteiger partial charge in [0, 0.05) is 11.0 Å². The first-order valence-corrected chi connectivity index (χ1v) is 13.2. The molecule has 0 heterocycles. The highest BCUT2D eigenvalue weighted by Gasteiger charge is 2.38. The Morgan fingerprint density at radius 1 is 0.861 bits per heavy atom. The van der Waals surface area contributed by atoms with Crippen LogP contribution in [0.3, 0.4) is 0 Å². The Balaban J connectivity index is 2.38. The molecule has 1 atom stereocenters. The molecule has 0 bridgehead atoms. The minimum atomic E-state index is -1.06. The number of hydrogen-bond acceptors (Lipinski definition) is 3. The highest BCUT2D eigenvalue weighted by Crippen LogP contribution is 2.41. The van der Waals surface area contributed by atoms with Gasteiger partial charge in [0.2, 0.25) is 0 Å². The molecule has 3 N–H and O–H groups in total. The average Bonchev–Trinajstić information content (AvgIpc) is 2.82. The van der Waals surface area contributed by atoms with Gasteiger partial charge in [0.1, 0.15) is 6.54 Å². The van der Waals surface area contributed by atoms with E-state index in [2.05, 4.69) is 78.0 Å². The molecule has 2 aromatic carbocycles. The highest BCUT2D eigenvalue weighted by atomic mass is 16.4. The minimum Gasteiger partial charge on any atom is -0.480 e. The molecule has 198 valence electrons. The first-order chi connectivity index (χ1) is 16.7.